The molecule has 0 bridgehead atoms. The number of sulfone groups is 1. The third-order valence-corrected chi connectivity index (χ3v) is 18.9. The number of hydrogen-bond acceptors (Lipinski definition) is 15. The summed E-state index contributed by atoms with van der Waals surface area (Å²) in [6, 6.07) is 49.3. The van der Waals surface area contributed by atoms with Crippen LogP contribution in [-0.4, -0.2) is 103 Å². The van der Waals surface area contributed by atoms with Gasteiger partial charge in [0.2, 0.25) is 0 Å². The van der Waals surface area contributed by atoms with Gasteiger partial charge in [-0.3, -0.25) is 9.13 Å². The van der Waals surface area contributed by atoms with Gasteiger partial charge in [0.15, 0.2) is 32.8 Å². The van der Waals surface area contributed by atoms with Crippen molar-refractivity contribution in [2.45, 2.75) is 75.3 Å². The molecule has 2 aliphatic heterocycles. The Labute approximate surface area is 476 Å². The number of fused-ring (bicyclic) bond motifs is 2. The van der Waals surface area contributed by atoms with Gasteiger partial charge < -0.3 is 37.1 Å². The summed E-state index contributed by atoms with van der Waals surface area (Å²) in [6.07, 6.45) is 8.34. The van der Waals surface area contributed by atoms with Crippen LogP contribution < -0.4 is 32.3 Å². The van der Waals surface area contributed by atoms with Crippen molar-refractivity contribution in [3.63, 3.8) is 0 Å². The molecule has 8 heterocycles. The summed E-state index contributed by atoms with van der Waals surface area (Å²) < 4.78 is 34.8. The first kappa shape index (κ1) is 51.6. The van der Waals surface area contributed by atoms with E-state index in [0.29, 0.717) is 53.2 Å². The molecular weight excluding hydrogens is 1040 g/mol. The molecular formula is C64H64N14O3S. The largest absolute Gasteiger partial charge is 0.383 e. The van der Waals surface area contributed by atoms with Crippen LogP contribution in [0.2, 0.25) is 0 Å². The van der Waals surface area contributed by atoms with Crippen molar-refractivity contribution in [3.8, 4) is 56.7 Å². The van der Waals surface area contributed by atoms with Crippen LogP contribution in [0.25, 0.3) is 79.0 Å². The Morgan fingerprint density at radius 1 is 0.585 bits per heavy atom. The van der Waals surface area contributed by atoms with Gasteiger partial charge in [0.05, 0.1) is 51.8 Å². The lowest BCUT2D eigenvalue weighted by atomic mass is 9.68. The molecule has 0 amide bonds. The van der Waals surface area contributed by atoms with Gasteiger partial charge in [-0.2, -0.15) is 0 Å². The Kier molecular flexibility index (Phi) is 12.7. The minimum Gasteiger partial charge on any atom is -0.383 e. The third kappa shape index (κ3) is 9.28. The summed E-state index contributed by atoms with van der Waals surface area (Å²) in [7, 11) is -3.03. The quantitative estimate of drug-likeness (QED) is 0.0893. The molecule has 82 heavy (non-hydrogen) atoms. The fourth-order valence-corrected chi connectivity index (χ4v) is 13.7. The molecule has 6 aromatic heterocycles. The van der Waals surface area contributed by atoms with Crippen molar-refractivity contribution in [2.24, 2.45) is 11.5 Å². The Balaban J connectivity index is 0.794. The van der Waals surface area contributed by atoms with Gasteiger partial charge in [-0.25, -0.2) is 38.3 Å². The first-order valence-corrected chi connectivity index (χ1v) is 30.2. The molecule has 0 radical (unpaired) electrons. The highest BCUT2D eigenvalue weighted by Gasteiger charge is 2.46. The van der Waals surface area contributed by atoms with Crippen molar-refractivity contribution in [3.05, 3.63) is 169 Å². The Bertz CT molecular complexity index is 4180. The monoisotopic (exact) mass is 1110 g/mol. The summed E-state index contributed by atoms with van der Waals surface area (Å²) >= 11 is 0. The van der Waals surface area contributed by atoms with Crippen LogP contribution >= 0.6 is 0 Å². The van der Waals surface area contributed by atoms with Crippen LogP contribution in [0.3, 0.4) is 0 Å². The molecule has 18 heteroatoms. The van der Waals surface area contributed by atoms with Crippen LogP contribution in [0.5, 0.6) is 0 Å². The lowest BCUT2D eigenvalue weighted by Gasteiger charge is -2.48. The number of anilines is 4. The summed E-state index contributed by atoms with van der Waals surface area (Å²) in [5.74, 6) is 2.61. The third-order valence-electron chi connectivity index (χ3n) is 17.3. The molecule has 414 valence electrons. The number of hydrogen-bond donors (Lipinski definition) is 4. The fraction of sp³-hybridized carbons (Fsp3) is 0.281. The number of nitrogens with two attached hydrogens (primary N) is 3. The molecule has 10 aromatic rings. The SMILES string of the molecule is CC1CN(c2cccc(-c3ccc4nc(-c5cccnc5N)n(-c5ccc(C6(N)CCC6Nc6ncccc6-c6nc7ccc(-c8cccc(N9CCS(=O)(=O)CC9)c8)nc7n6-c6ccc(C7(N)CCC7)cc6)cc5)c4n3)c2)CC(C)O1. The van der Waals surface area contributed by atoms with Gasteiger partial charge in [0.1, 0.15) is 22.7 Å². The van der Waals surface area contributed by atoms with E-state index in [1.807, 2.05) is 66.7 Å². The van der Waals surface area contributed by atoms with E-state index in [1.54, 1.807) is 12.4 Å². The van der Waals surface area contributed by atoms with Crippen LogP contribution in [0, 0.1) is 0 Å². The zero-order chi connectivity index (χ0) is 55.9. The number of rotatable bonds is 12. The highest BCUT2D eigenvalue weighted by molar-refractivity contribution is 7.91. The van der Waals surface area contributed by atoms with Crippen LogP contribution in [0.1, 0.15) is 57.1 Å². The summed E-state index contributed by atoms with van der Waals surface area (Å²) in [5.41, 5.74) is 33.6. The highest BCUT2D eigenvalue weighted by Crippen LogP contribution is 2.44. The van der Waals surface area contributed by atoms with Gasteiger partial charge in [0, 0.05) is 84.0 Å². The maximum atomic E-state index is 12.3. The molecule has 7 N–H and O–H groups in total. The first-order valence-electron chi connectivity index (χ1n) is 28.3. The number of nitrogen functional groups attached to an aromatic ring is 1. The van der Waals surface area contributed by atoms with E-state index in [0.717, 1.165) is 118 Å². The first-order chi connectivity index (χ1) is 39.8. The molecule has 4 fully saturated rings. The molecule has 2 saturated carbocycles. The van der Waals surface area contributed by atoms with Crippen molar-refractivity contribution >= 4 is 55.2 Å². The summed E-state index contributed by atoms with van der Waals surface area (Å²) in [4.78, 5) is 35.1. The zero-order valence-corrected chi connectivity index (χ0v) is 46.7. The molecule has 0 spiro atoms. The van der Waals surface area contributed by atoms with Crippen molar-refractivity contribution in [2.75, 3.05) is 58.5 Å². The van der Waals surface area contributed by atoms with Crippen LogP contribution in [0.15, 0.2) is 158 Å². The number of nitrogens with one attached hydrogen (secondary N) is 1. The zero-order valence-electron chi connectivity index (χ0n) is 45.9. The Morgan fingerprint density at radius 2 is 1.13 bits per heavy atom. The van der Waals surface area contributed by atoms with Gasteiger partial charge in [-0.05, 0) is 154 Å². The molecule has 4 aliphatic rings. The van der Waals surface area contributed by atoms with Gasteiger partial charge in [-0.1, -0.05) is 48.5 Å². The number of ether oxygens (including phenoxy) is 1. The summed E-state index contributed by atoms with van der Waals surface area (Å²) in [6.45, 7) is 6.78. The van der Waals surface area contributed by atoms with E-state index >= 15 is 0 Å². The number of morpholine rings is 1. The van der Waals surface area contributed by atoms with E-state index in [2.05, 4.69) is 122 Å². The van der Waals surface area contributed by atoms with Gasteiger partial charge in [-0.15, -0.1) is 0 Å². The fourth-order valence-electron chi connectivity index (χ4n) is 12.5. The van der Waals surface area contributed by atoms with Gasteiger partial charge >= 0.3 is 0 Å². The average molecular weight is 1110 g/mol. The van der Waals surface area contributed by atoms with E-state index in [9.17, 15) is 8.42 Å². The van der Waals surface area contributed by atoms with Crippen molar-refractivity contribution in [1.29, 1.82) is 0 Å². The number of imidazole rings is 2. The average Bonchev–Trinajstić information content (AvgIpc) is 3.67. The maximum Gasteiger partial charge on any atom is 0.165 e. The van der Waals surface area contributed by atoms with E-state index in [4.69, 9.17) is 46.9 Å². The topological polar surface area (TPSA) is 227 Å². The predicted octanol–water partition coefficient (Wildman–Crippen LogP) is 9.81. The molecule has 14 rings (SSSR count). The predicted molar refractivity (Wildman–Crippen MR) is 325 cm³/mol. The minimum atomic E-state index is -3.03. The second-order valence-electron chi connectivity index (χ2n) is 22.7. The molecule has 17 nitrogen and oxygen atoms in total. The molecule has 4 atom stereocenters. The number of aromatic nitrogens is 8. The van der Waals surface area contributed by atoms with E-state index in [-0.39, 0.29) is 35.3 Å². The maximum absolute atomic E-state index is 12.3. The van der Waals surface area contributed by atoms with E-state index < -0.39 is 15.4 Å². The lowest BCUT2D eigenvalue weighted by Crippen LogP contribution is -2.59. The minimum absolute atomic E-state index is 0.134. The number of pyridine rings is 4. The molecule has 2 aliphatic carbocycles. The molecule has 4 unspecified atom stereocenters. The lowest BCUT2D eigenvalue weighted by molar-refractivity contribution is -0.00521. The highest BCUT2D eigenvalue weighted by atomic mass is 32.2. The molecule has 4 aromatic carbocycles. The smallest absolute Gasteiger partial charge is 0.165 e. The normalized spacial score (nSPS) is 21.3. The summed E-state index contributed by atoms with van der Waals surface area (Å²) in [5, 5.41) is 3.81. The van der Waals surface area contributed by atoms with Gasteiger partial charge in [0.25, 0.3) is 0 Å². The van der Waals surface area contributed by atoms with Crippen LogP contribution in [-0.2, 0) is 25.7 Å². The number of benzene rings is 4. The van der Waals surface area contributed by atoms with Crippen molar-refractivity contribution in [1.82, 2.24) is 39.0 Å². The Morgan fingerprint density at radius 3 is 1.68 bits per heavy atom. The van der Waals surface area contributed by atoms with E-state index in [1.165, 1.54) is 0 Å². The standard InChI is InChI=1S/C64H64N14O3S/c1-40-38-76(39-41(2)81-40)49-11-4-9-43(37-49)53-22-24-54-61(70-53)77(59(72-54)50-12-5-30-68-57(50)65)47-20-16-45(17-21-47)64(67)29-26-56(64)74-58-51(13-6-31-69-58)60-73-55-25-23-52(42-8-3-10-48(36-42)75-32-34-82(79,80)35-33-75)71-62(55)78(60)46-18-14-44(15-19-46)63(66)27-7-28-63/h3-6,8-25,30-31,36-37,40-41,56H,7,26-29,32-35,38-39,66-67H2,1-2H3,(H2,65,68)(H,69,74). The Hall–Kier alpha value is -8.55. The van der Waals surface area contributed by atoms with Crippen LogP contribution in [0.4, 0.5) is 23.0 Å². The second-order valence-corrected chi connectivity index (χ2v) is 25.0. The molecule has 2 saturated heterocycles. The number of nitrogens with zero attached hydrogens (tertiary/aromatic N) is 10. The second kappa shape index (κ2) is 20.2. The van der Waals surface area contributed by atoms with Crippen molar-refractivity contribution < 1.29 is 13.2 Å².